The molecule has 19 heavy (non-hydrogen) atoms. The van der Waals surface area contributed by atoms with E-state index in [0.717, 1.165) is 12.1 Å². The third-order valence-corrected chi connectivity index (χ3v) is 3.13. The highest BCUT2D eigenvalue weighted by Gasteiger charge is 2.07. The van der Waals surface area contributed by atoms with Gasteiger partial charge < -0.3 is 9.88 Å². The van der Waals surface area contributed by atoms with E-state index in [2.05, 4.69) is 16.8 Å². The van der Waals surface area contributed by atoms with Crippen LogP contribution < -0.4 is 5.32 Å². The summed E-state index contributed by atoms with van der Waals surface area (Å²) < 4.78 is 15.7. The second-order valence-electron chi connectivity index (χ2n) is 4.45. The van der Waals surface area contributed by atoms with Crippen molar-refractivity contribution in [2.45, 2.75) is 26.9 Å². The van der Waals surface area contributed by atoms with Gasteiger partial charge in [-0.05, 0) is 37.6 Å². The number of hydrogen-bond donors (Lipinski definition) is 1. The molecule has 2 rings (SSSR count). The lowest BCUT2D eigenvalue weighted by Gasteiger charge is -2.10. The van der Waals surface area contributed by atoms with E-state index in [1.165, 1.54) is 6.07 Å². The molecular formula is C15H16FN3. The molecule has 0 atom stereocenters. The van der Waals surface area contributed by atoms with Crippen LogP contribution in [0.5, 0.6) is 0 Å². The number of nitriles is 1. The Morgan fingerprint density at radius 3 is 2.84 bits per heavy atom. The summed E-state index contributed by atoms with van der Waals surface area (Å²) in [6.45, 7) is 5.32. The molecule has 0 amide bonds. The van der Waals surface area contributed by atoms with E-state index in [9.17, 15) is 4.39 Å². The number of rotatable bonds is 4. The largest absolute Gasteiger partial charge is 0.381 e. The molecule has 4 heteroatoms. The smallest absolute Gasteiger partial charge is 0.129 e. The first-order chi connectivity index (χ1) is 9.13. The van der Waals surface area contributed by atoms with Crippen molar-refractivity contribution in [3.8, 4) is 6.07 Å². The third kappa shape index (κ3) is 2.94. The van der Waals surface area contributed by atoms with Gasteiger partial charge in [-0.15, -0.1) is 0 Å². The molecule has 1 N–H and O–H groups in total. The van der Waals surface area contributed by atoms with Crippen LogP contribution in [0, 0.1) is 24.1 Å². The molecule has 0 aliphatic heterocycles. The fourth-order valence-corrected chi connectivity index (χ4v) is 1.92. The highest BCUT2D eigenvalue weighted by atomic mass is 19.1. The lowest BCUT2D eigenvalue weighted by Crippen LogP contribution is -2.02. The lowest BCUT2D eigenvalue weighted by atomic mass is 10.1. The topological polar surface area (TPSA) is 40.8 Å². The summed E-state index contributed by atoms with van der Waals surface area (Å²) in [5.74, 6) is -0.354. The zero-order valence-corrected chi connectivity index (χ0v) is 11.1. The summed E-state index contributed by atoms with van der Waals surface area (Å²) in [6.07, 6.45) is 4.06. The normalized spacial score (nSPS) is 10.2. The van der Waals surface area contributed by atoms with Crippen LogP contribution in [0.4, 0.5) is 10.1 Å². The number of halogens is 1. The van der Waals surface area contributed by atoms with Gasteiger partial charge in [-0.25, -0.2) is 4.39 Å². The molecule has 0 unspecified atom stereocenters. The molecule has 98 valence electrons. The van der Waals surface area contributed by atoms with Gasteiger partial charge >= 0.3 is 0 Å². The molecule has 3 nitrogen and oxygen atoms in total. The summed E-state index contributed by atoms with van der Waals surface area (Å²) in [4.78, 5) is 0. The van der Waals surface area contributed by atoms with Crippen molar-refractivity contribution in [2.24, 2.45) is 0 Å². The first-order valence-electron chi connectivity index (χ1n) is 6.22. The lowest BCUT2D eigenvalue weighted by molar-refractivity contribution is 0.618. The van der Waals surface area contributed by atoms with Gasteiger partial charge in [0.1, 0.15) is 5.82 Å². The van der Waals surface area contributed by atoms with Gasteiger partial charge in [0.25, 0.3) is 0 Å². The summed E-state index contributed by atoms with van der Waals surface area (Å²) in [7, 11) is 0. The Kier molecular flexibility index (Phi) is 3.86. The maximum absolute atomic E-state index is 13.6. The first-order valence-corrected chi connectivity index (χ1v) is 6.22. The van der Waals surface area contributed by atoms with Crippen molar-refractivity contribution >= 4 is 5.69 Å². The summed E-state index contributed by atoms with van der Waals surface area (Å²) in [6, 6.07) is 6.92. The highest BCUT2D eigenvalue weighted by molar-refractivity contribution is 5.56. The minimum atomic E-state index is -0.354. The van der Waals surface area contributed by atoms with Gasteiger partial charge in [0.2, 0.25) is 0 Å². The van der Waals surface area contributed by atoms with Crippen LogP contribution in [-0.4, -0.2) is 4.57 Å². The highest BCUT2D eigenvalue weighted by Crippen LogP contribution is 2.21. The van der Waals surface area contributed by atoms with Crippen molar-refractivity contribution in [2.75, 3.05) is 5.32 Å². The maximum atomic E-state index is 13.6. The van der Waals surface area contributed by atoms with E-state index >= 15 is 0 Å². The van der Waals surface area contributed by atoms with Gasteiger partial charge in [-0.3, -0.25) is 0 Å². The summed E-state index contributed by atoms with van der Waals surface area (Å²) in [5.41, 5.74) is 2.66. The fourth-order valence-electron chi connectivity index (χ4n) is 1.92. The van der Waals surface area contributed by atoms with Crippen LogP contribution in [0.2, 0.25) is 0 Å². The van der Waals surface area contributed by atoms with E-state index in [1.54, 1.807) is 13.0 Å². The zero-order chi connectivity index (χ0) is 13.8. The third-order valence-electron chi connectivity index (χ3n) is 3.13. The Morgan fingerprint density at radius 1 is 1.42 bits per heavy atom. The standard InChI is InChI=1S/C15H16FN3/c1-3-19-5-4-12(10-19)9-18-15-7-13(8-17)6-14(16)11(15)2/h4-7,10,18H,3,9H2,1-2H3. The van der Waals surface area contributed by atoms with Crippen LogP contribution in [0.25, 0.3) is 0 Å². The fraction of sp³-hybridized carbons (Fsp3) is 0.267. The minimum absolute atomic E-state index is 0.330. The molecule has 0 saturated carbocycles. The SMILES string of the molecule is CCn1ccc(CNc2cc(C#N)cc(F)c2C)c1. The molecule has 0 bridgehead atoms. The Balaban J connectivity index is 2.15. The average molecular weight is 257 g/mol. The molecule has 0 fully saturated rings. The summed E-state index contributed by atoms with van der Waals surface area (Å²) in [5, 5.41) is 12.0. The van der Waals surface area contributed by atoms with E-state index in [0.29, 0.717) is 23.4 Å². The number of nitrogens with zero attached hydrogens (tertiary/aromatic N) is 2. The predicted octanol–water partition coefficient (Wildman–Crippen LogP) is 3.44. The van der Waals surface area contributed by atoms with E-state index in [1.807, 2.05) is 24.5 Å². The molecule has 0 saturated heterocycles. The molecule has 0 radical (unpaired) electrons. The van der Waals surface area contributed by atoms with Crippen molar-refractivity contribution in [1.82, 2.24) is 4.57 Å². The van der Waals surface area contributed by atoms with Crippen molar-refractivity contribution in [3.05, 3.63) is 53.1 Å². The average Bonchev–Trinajstić information content (AvgIpc) is 2.88. The minimum Gasteiger partial charge on any atom is -0.381 e. The van der Waals surface area contributed by atoms with Crippen molar-refractivity contribution in [3.63, 3.8) is 0 Å². The molecule has 0 aliphatic rings. The van der Waals surface area contributed by atoms with Gasteiger partial charge in [-0.2, -0.15) is 5.26 Å². The van der Waals surface area contributed by atoms with Crippen LogP contribution in [0.15, 0.2) is 30.6 Å². The van der Waals surface area contributed by atoms with Gasteiger partial charge in [0.05, 0.1) is 11.6 Å². The second kappa shape index (κ2) is 5.57. The number of benzene rings is 1. The molecular weight excluding hydrogens is 241 g/mol. The number of nitrogens with one attached hydrogen (secondary N) is 1. The summed E-state index contributed by atoms with van der Waals surface area (Å²) >= 11 is 0. The predicted molar refractivity (Wildman–Crippen MR) is 73.3 cm³/mol. The number of aryl methyl sites for hydroxylation is 1. The molecule has 0 spiro atoms. The quantitative estimate of drug-likeness (QED) is 0.911. The zero-order valence-electron chi connectivity index (χ0n) is 11.1. The van der Waals surface area contributed by atoms with Gasteiger partial charge in [-0.1, -0.05) is 0 Å². The molecule has 2 aromatic rings. The molecule has 1 aromatic carbocycles. The van der Waals surface area contributed by atoms with Crippen molar-refractivity contribution in [1.29, 1.82) is 5.26 Å². The van der Waals surface area contributed by atoms with Crippen molar-refractivity contribution < 1.29 is 4.39 Å². The maximum Gasteiger partial charge on any atom is 0.129 e. The Labute approximate surface area is 112 Å². The Hall–Kier alpha value is -2.28. The van der Waals surface area contributed by atoms with Gasteiger partial charge in [0.15, 0.2) is 0 Å². The monoisotopic (exact) mass is 257 g/mol. The van der Waals surface area contributed by atoms with Crippen LogP contribution >= 0.6 is 0 Å². The Bertz CT molecular complexity index is 623. The van der Waals surface area contributed by atoms with Crippen LogP contribution in [-0.2, 0) is 13.1 Å². The van der Waals surface area contributed by atoms with E-state index < -0.39 is 0 Å². The molecule has 0 aliphatic carbocycles. The number of aromatic nitrogens is 1. The molecule has 1 heterocycles. The number of anilines is 1. The Morgan fingerprint density at radius 2 is 2.21 bits per heavy atom. The van der Waals surface area contributed by atoms with Crippen LogP contribution in [0.1, 0.15) is 23.6 Å². The van der Waals surface area contributed by atoms with Crippen LogP contribution in [0.3, 0.4) is 0 Å². The molecule has 1 aromatic heterocycles. The second-order valence-corrected chi connectivity index (χ2v) is 4.45. The van der Waals surface area contributed by atoms with E-state index in [-0.39, 0.29) is 5.82 Å². The van der Waals surface area contributed by atoms with Gasteiger partial charge in [0, 0.05) is 36.7 Å². The van der Waals surface area contributed by atoms with E-state index in [4.69, 9.17) is 5.26 Å². The first kappa shape index (κ1) is 13.2. The number of hydrogen-bond acceptors (Lipinski definition) is 2.